The molecule has 2 rings (SSSR count). The first-order valence-corrected chi connectivity index (χ1v) is 6.51. The minimum atomic E-state index is 0.156. The normalized spacial score (nSPS) is 12.4. The van der Waals surface area contributed by atoms with Gasteiger partial charge in [0.05, 0.1) is 6.04 Å². The second-order valence-electron chi connectivity index (χ2n) is 4.27. The van der Waals surface area contributed by atoms with Crippen LogP contribution in [0.5, 0.6) is 0 Å². The molecule has 0 saturated carbocycles. The van der Waals surface area contributed by atoms with Crippen molar-refractivity contribution in [1.82, 2.24) is 9.97 Å². The summed E-state index contributed by atoms with van der Waals surface area (Å²) in [6.45, 7) is 6.31. The second-order valence-corrected chi connectivity index (χ2v) is 5.73. The number of nitrogen functional groups attached to an aromatic ring is 2. The highest BCUT2D eigenvalue weighted by Crippen LogP contribution is 2.28. The van der Waals surface area contributed by atoms with Crippen LogP contribution in [0.1, 0.15) is 28.3 Å². The number of anilines is 3. The zero-order valence-electron chi connectivity index (χ0n) is 10.7. The molecule has 1 unspecified atom stereocenters. The number of nitrogens with two attached hydrogens (primary N) is 2. The van der Waals surface area contributed by atoms with E-state index in [0.29, 0.717) is 11.6 Å². The smallest absolute Gasteiger partial charge is 0.223 e. The molecule has 1 atom stereocenters. The third-order valence-corrected chi connectivity index (χ3v) is 3.66. The maximum absolute atomic E-state index is 5.64. The van der Waals surface area contributed by atoms with E-state index in [-0.39, 0.29) is 12.0 Å². The number of aryl methyl sites for hydroxylation is 2. The number of nitrogens with one attached hydrogen (secondary N) is 1. The Kier molecular flexibility index (Phi) is 3.38. The number of rotatable bonds is 3. The van der Waals surface area contributed by atoms with E-state index in [1.807, 2.05) is 0 Å². The van der Waals surface area contributed by atoms with E-state index in [1.54, 1.807) is 17.4 Å². The van der Waals surface area contributed by atoms with E-state index in [0.717, 1.165) is 0 Å². The van der Waals surface area contributed by atoms with Gasteiger partial charge in [0, 0.05) is 15.8 Å². The van der Waals surface area contributed by atoms with Gasteiger partial charge in [-0.25, -0.2) is 0 Å². The summed E-state index contributed by atoms with van der Waals surface area (Å²) in [5, 5.41) is 3.29. The fourth-order valence-corrected chi connectivity index (χ4v) is 2.96. The first kappa shape index (κ1) is 12.6. The lowest BCUT2D eigenvalue weighted by Gasteiger charge is -2.15. The second kappa shape index (κ2) is 4.81. The van der Waals surface area contributed by atoms with Crippen molar-refractivity contribution in [2.45, 2.75) is 26.8 Å². The van der Waals surface area contributed by atoms with Crippen molar-refractivity contribution in [3.8, 4) is 0 Å². The molecule has 0 amide bonds. The molecule has 5 nitrogen and oxygen atoms in total. The molecule has 2 heterocycles. The van der Waals surface area contributed by atoms with E-state index in [2.05, 4.69) is 42.1 Å². The topological polar surface area (TPSA) is 89.8 Å². The van der Waals surface area contributed by atoms with Gasteiger partial charge in [0.2, 0.25) is 5.95 Å². The molecule has 0 aromatic carbocycles. The van der Waals surface area contributed by atoms with E-state index >= 15 is 0 Å². The average Bonchev–Trinajstić information content (AvgIpc) is 2.56. The summed E-state index contributed by atoms with van der Waals surface area (Å²) >= 11 is 1.79. The number of hydrogen-bond donors (Lipinski definition) is 3. The molecule has 6 heteroatoms. The van der Waals surface area contributed by atoms with Crippen LogP contribution >= 0.6 is 11.3 Å². The van der Waals surface area contributed by atoms with Crippen LogP contribution in [0.25, 0.3) is 0 Å². The van der Waals surface area contributed by atoms with E-state index in [4.69, 9.17) is 11.5 Å². The highest BCUT2D eigenvalue weighted by Gasteiger charge is 2.12. The van der Waals surface area contributed by atoms with E-state index in [9.17, 15) is 0 Å². The quantitative estimate of drug-likeness (QED) is 0.791. The highest BCUT2D eigenvalue weighted by atomic mass is 32.1. The Morgan fingerprint density at radius 3 is 2.50 bits per heavy atom. The summed E-state index contributed by atoms with van der Waals surface area (Å²) < 4.78 is 0. The van der Waals surface area contributed by atoms with Crippen molar-refractivity contribution in [1.29, 1.82) is 0 Å². The molecule has 0 fully saturated rings. The molecule has 18 heavy (non-hydrogen) atoms. The molecule has 0 saturated heterocycles. The molecule has 5 N–H and O–H groups in total. The first-order chi connectivity index (χ1) is 8.45. The molecule has 0 bridgehead atoms. The Labute approximate surface area is 110 Å². The van der Waals surface area contributed by atoms with E-state index < -0.39 is 0 Å². The molecule has 0 spiro atoms. The zero-order valence-corrected chi connectivity index (χ0v) is 11.5. The first-order valence-electron chi connectivity index (χ1n) is 5.69. The maximum atomic E-state index is 5.64. The molecule has 2 aromatic rings. The lowest BCUT2D eigenvalue weighted by atomic mass is 10.1. The Morgan fingerprint density at radius 1 is 1.22 bits per heavy atom. The van der Waals surface area contributed by atoms with Crippen LogP contribution < -0.4 is 16.8 Å². The van der Waals surface area contributed by atoms with Crippen LogP contribution in [0.15, 0.2) is 12.1 Å². The Morgan fingerprint density at radius 2 is 1.94 bits per heavy atom. The predicted octanol–water partition coefficient (Wildman–Crippen LogP) is 2.49. The van der Waals surface area contributed by atoms with Gasteiger partial charge in [-0.15, -0.1) is 11.3 Å². The van der Waals surface area contributed by atoms with Gasteiger partial charge >= 0.3 is 0 Å². The summed E-state index contributed by atoms with van der Waals surface area (Å²) in [6.07, 6.45) is 0. The molecular weight excluding hydrogens is 246 g/mol. The molecule has 0 aliphatic heterocycles. The summed E-state index contributed by atoms with van der Waals surface area (Å²) in [4.78, 5) is 10.6. The van der Waals surface area contributed by atoms with Crippen molar-refractivity contribution >= 4 is 28.9 Å². The van der Waals surface area contributed by atoms with Crippen molar-refractivity contribution in [3.63, 3.8) is 0 Å². The van der Waals surface area contributed by atoms with Gasteiger partial charge in [0.1, 0.15) is 11.6 Å². The molecular formula is C12H17N5S. The van der Waals surface area contributed by atoms with Crippen molar-refractivity contribution < 1.29 is 0 Å². The minimum Gasteiger partial charge on any atom is -0.383 e. The third kappa shape index (κ3) is 2.70. The van der Waals surface area contributed by atoms with Crippen molar-refractivity contribution in [2.24, 2.45) is 0 Å². The number of hydrogen-bond acceptors (Lipinski definition) is 6. The van der Waals surface area contributed by atoms with E-state index in [1.165, 1.54) is 15.3 Å². The highest BCUT2D eigenvalue weighted by molar-refractivity contribution is 7.12. The number of thiophene rings is 1. The predicted molar refractivity (Wildman–Crippen MR) is 76.7 cm³/mol. The SMILES string of the molecule is Cc1cc(C(C)Nc2cc(N)nc(N)n2)c(C)s1. The largest absolute Gasteiger partial charge is 0.383 e. The van der Waals surface area contributed by atoms with Crippen molar-refractivity contribution in [3.05, 3.63) is 27.5 Å². The molecule has 96 valence electrons. The maximum Gasteiger partial charge on any atom is 0.223 e. The summed E-state index contributed by atoms with van der Waals surface area (Å²) in [7, 11) is 0. The zero-order chi connectivity index (χ0) is 13.3. The van der Waals surface area contributed by atoms with Crippen LogP contribution in [0.3, 0.4) is 0 Å². The lowest BCUT2D eigenvalue weighted by Crippen LogP contribution is -2.10. The Bertz CT molecular complexity index is 543. The summed E-state index contributed by atoms with van der Waals surface area (Å²) in [5.41, 5.74) is 12.5. The molecule has 0 aliphatic carbocycles. The lowest BCUT2D eigenvalue weighted by molar-refractivity contribution is 0.871. The van der Waals surface area contributed by atoms with Gasteiger partial charge in [-0.1, -0.05) is 0 Å². The van der Waals surface area contributed by atoms with Crippen LogP contribution in [-0.2, 0) is 0 Å². The average molecular weight is 263 g/mol. The van der Waals surface area contributed by atoms with Crippen LogP contribution in [0.2, 0.25) is 0 Å². The minimum absolute atomic E-state index is 0.156. The summed E-state index contributed by atoms with van der Waals surface area (Å²) in [6, 6.07) is 4.02. The molecule has 0 radical (unpaired) electrons. The van der Waals surface area contributed by atoms with Gasteiger partial charge in [0.15, 0.2) is 0 Å². The van der Waals surface area contributed by atoms with Crippen LogP contribution in [0.4, 0.5) is 17.6 Å². The summed E-state index contributed by atoms with van der Waals surface area (Å²) in [5.74, 6) is 1.20. The monoisotopic (exact) mass is 263 g/mol. The van der Waals surface area contributed by atoms with Gasteiger partial charge in [-0.05, 0) is 32.4 Å². The van der Waals surface area contributed by atoms with Gasteiger partial charge in [0.25, 0.3) is 0 Å². The van der Waals surface area contributed by atoms with Crippen molar-refractivity contribution in [2.75, 3.05) is 16.8 Å². The number of aromatic nitrogens is 2. The Balaban J connectivity index is 2.20. The van der Waals surface area contributed by atoms with Gasteiger partial charge in [-0.2, -0.15) is 9.97 Å². The standard InChI is InChI=1S/C12H17N5S/c1-6-4-9(8(3)18-6)7(2)15-11-5-10(13)16-12(14)17-11/h4-5,7H,1-3H3,(H5,13,14,15,16,17). The van der Waals surface area contributed by atoms with Crippen LogP contribution in [-0.4, -0.2) is 9.97 Å². The Hall–Kier alpha value is -1.82. The van der Waals surface area contributed by atoms with Gasteiger partial charge < -0.3 is 16.8 Å². The van der Waals surface area contributed by atoms with Crippen LogP contribution in [0, 0.1) is 13.8 Å². The van der Waals surface area contributed by atoms with Gasteiger partial charge in [-0.3, -0.25) is 0 Å². The molecule has 0 aliphatic rings. The number of nitrogens with zero attached hydrogens (tertiary/aromatic N) is 2. The fourth-order valence-electron chi connectivity index (χ4n) is 1.94. The fraction of sp³-hybridized carbons (Fsp3) is 0.333. The third-order valence-electron chi connectivity index (χ3n) is 2.67. The molecule has 2 aromatic heterocycles.